The van der Waals surface area contributed by atoms with E-state index in [9.17, 15) is 13.2 Å². The van der Waals surface area contributed by atoms with Gasteiger partial charge in [-0.25, -0.2) is 17.7 Å². The number of anilines is 1. The maximum absolute atomic E-state index is 12.9. The van der Waals surface area contributed by atoms with Crippen molar-refractivity contribution in [3.05, 3.63) is 24.4 Å². The molecule has 30 heavy (non-hydrogen) atoms. The zero-order valence-electron chi connectivity index (χ0n) is 17.7. The van der Waals surface area contributed by atoms with Crippen molar-refractivity contribution in [2.45, 2.75) is 37.7 Å². The summed E-state index contributed by atoms with van der Waals surface area (Å²) < 4.78 is 31.2. The van der Waals surface area contributed by atoms with Crippen LogP contribution in [0.1, 0.15) is 32.1 Å². The first-order chi connectivity index (χ1) is 14.3. The number of hydrogen-bond donors (Lipinski definition) is 0. The molecule has 0 aromatic carbocycles. The molecule has 1 aromatic heterocycles. The van der Waals surface area contributed by atoms with Crippen molar-refractivity contribution in [3.63, 3.8) is 0 Å². The molecule has 1 aromatic rings. The summed E-state index contributed by atoms with van der Waals surface area (Å²) in [7, 11) is -3.14. The van der Waals surface area contributed by atoms with Crippen molar-refractivity contribution in [1.82, 2.24) is 14.2 Å². The summed E-state index contributed by atoms with van der Waals surface area (Å²) >= 11 is 0. The Kier molecular flexibility index (Phi) is 6.31. The molecule has 3 aliphatic rings. The topological polar surface area (TPSA) is 83.1 Å². The third kappa shape index (κ3) is 4.95. The van der Waals surface area contributed by atoms with Crippen LogP contribution in [0.4, 0.5) is 5.82 Å². The predicted octanol–water partition coefficient (Wildman–Crippen LogP) is 1.34. The van der Waals surface area contributed by atoms with Gasteiger partial charge in [0, 0.05) is 58.5 Å². The Hall–Kier alpha value is -1.71. The van der Waals surface area contributed by atoms with E-state index in [1.807, 2.05) is 23.1 Å². The van der Waals surface area contributed by atoms with Crippen LogP contribution in [0.3, 0.4) is 0 Å². The summed E-state index contributed by atoms with van der Waals surface area (Å²) in [6, 6.07) is 5.91. The van der Waals surface area contributed by atoms with E-state index in [1.54, 1.807) is 6.20 Å². The summed E-state index contributed by atoms with van der Waals surface area (Å²) in [5, 5.41) is 0. The highest BCUT2D eigenvalue weighted by atomic mass is 32.2. The van der Waals surface area contributed by atoms with Gasteiger partial charge in [-0.15, -0.1) is 0 Å². The molecule has 4 heterocycles. The van der Waals surface area contributed by atoms with E-state index in [4.69, 9.17) is 4.74 Å². The molecular formula is C21H32N4O4S. The van der Waals surface area contributed by atoms with Gasteiger partial charge < -0.3 is 14.5 Å². The molecule has 0 bridgehead atoms. The van der Waals surface area contributed by atoms with E-state index < -0.39 is 10.0 Å². The average molecular weight is 437 g/mol. The van der Waals surface area contributed by atoms with Crippen molar-refractivity contribution in [3.8, 4) is 0 Å². The Bertz CT molecular complexity index is 832. The van der Waals surface area contributed by atoms with E-state index in [-0.39, 0.29) is 11.5 Å². The molecule has 1 unspecified atom stereocenters. The van der Waals surface area contributed by atoms with E-state index in [2.05, 4.69) is 9.88 Å². The summed E-state index contributed by atoms with van der Waals surface area (Å²) in [4.78, 5) is 21.5. The molecule has 9 heteroatoms. The molecule has 1 atom stereocenters. The van der Waals surface area contributed by atoms with E-state index in [0.29, 0.717) is 44.9 Å². The Morgan fingerprint density at radius 1 is 1.17 bits per heavy atom. The number of ether oxygens (including phenoxy) is 1. The second kappa shape index (κ2) is 8.80. The number of rotatable bonds is 4. The maximum atomic E-state index is 12.9. The minimum absolute atomic E-state index is 0.228. The third-order valence-electron chi connectivity index (χ3n) is 6.77. The number of carbonyl (C=O) groups excluding carboxylic acids is 1. The Labute approximate surface area is 179 Å². The van der Waals surface area contributed by atoms with Gasteiger partial charge in [-0.2, -0.15) is 0 Å². The molecule has 8 nitrogen and oxygen atoms in total. The van der Waals surface area contributed by atoms with Crippen molar-refractivity contribution in [1.29, 1.82) is 0 Å². The molecule has 0 saturated carbocycles. The van der Waals surface area contributed by atoms with Gasteiger partial charge >= 0.3 is 0 Å². The fourth-order valence-corrected chi connectivity index (χ4v) is 5.82. The Morgan fingerprint density at radius 3 is 2.53 bits per heavy atom. The van der Waals surface area contributed by atoms with Crippen LogP contribution in [0.2, 0.25) is 0 Å². The fourth-order valence-electron chi connectivity index (χ4n) is 4.98. The highest BCUT2D eigenvalue weighted by molar-refractivity contribution is 7.88. The van der Waals surface area contributed by atoms with Crippen LogP contribution < -0.4 is 4.90 Å². The molecule has 0 N–H and O–H groups in total. The second-order valence-corrected chi connectivity index (χ2v) is 10.8. The number of amides is 1. The molecule has 3 aliphatic heterocycles. The largest absolute Gasteiger partial charge is 0.375 e. The van der Waals surface area contributed by atoms with E-state index in [1.165, 1.54) is 10.6 Å². The number of aromatic nitrogens is 1. The predicted molar refractivity (Wildman–Crippen MR) is 115 cm³/mol. The molecule has 3 fully saturated rings. The van der Waals surface area contributed by atoms with E-state index in [0.717, 1.165) is 44.8 Å². The van der Waals surface area contributed by atoms with Crippen LogP contribution >= 0.6 is 0 Å². The normalized spacial score (nSPS) is 25.4. The number of nitrogens with zero attached hydrogens (tertiary/aromatic N) is 4. The molecule has 166 valence electrons. The SMILES string of the molecule is CS(=O)(=O)N1CCC2(CC1)CC(CC(=O)N1CCN(c3ccccn3)CC1)CCO2. The lowest BCUT2D eigenvalue weighted by molar-refractivity contribution is -0.140. The number of sulfonamides is 1. The Balaban J connectivity index is 1.27. The van der Waals surface area contributed by atoms with Gasteiger partial charge in [0.1, 0.15) is 5.82 Å². The summed E-state index contributed by atoms with van der Waals surface area (Å²) in [5.74, 6) is 1.51. The number of pyridine rings is 1. The standard InChI is InChI=1S/C21H32N4O4S/c1-30(27,28)25-9-6-21(7-10-25)17-18(5-15-29-21)16-20(26)24-13-11-23(12-14-24)19-4-2-3-8-22-19/h2-4,8,18H,5-7,9-17H2,1H3. The van der Waals surface area contributed by atoms with Crippen molar-refractivity contribution < 1.29 is 17.9 Å². The van der Waals surface area contributed by atoms with Gasteiger partial charge in [0.05, 0.1) is 11.9 Å². The van der Waals surface area contributed by atoms with Crippen LogP contribution in [0.25, 0.3) is 0 Å². The summed E-state index contributed by atoms with van der Waals surface area (Å²) in [6.45, 7) is 4.75. The molecule has 1 amide bonds. The maximum Gasteiger partial charge on any atom is 0.222 e. The molecule has 4 rings (SSSR count). The highest BCUT2D eigenvalue weighted by Gasteiger charge is 2.42. The van der Waals surface area contributed by atoms with Gasteiger partial charge in [-0.3, -0.25) is 4.79 Å². The van der Waals surface area contributed by atoms with Gasteiger partial charge in [-0.1, -0.05) is 6.07 Å². The molecule has 1 spiro atoms. The quantitative estimate of drug-likeness (QED) is 0.708. The molecular weight excluding hydrogens is 404 g/mol. The number of piperidine rings is 1. The van der Waals surface area contributed by atoms with Crippen molar-refractivity contribution in [2.24, 2.45) is 5.92 Å². The molecule has 0 aliphatic carbocycles. The summed E-state index contributed by atoms with van der Waals surface area (Å²) in [6.07, 6.45) is 6.81. The first kappa shape index (κ1) is 21.5. The first-order valence-electron chi connectivity index (χ1n) is 10.9. The second-order valence-electron chi connectivity index (χ2n) is 8.81. The van der Waals surface area contributed by atoms with Crippen LogP contribution in [-0.4, -0.2) is 86.2 Å². The third-order valence-corrected chi connectivity index (χ3v) is 8.07. The lowest BCUT2D eigenvalue weighted by atomic mass is 9.78. The number of hydrogen-bond acceptors (Lipinski definition) is 6. The van der Waals surface area contributed by atoms with Crippen LogP contribution in [0.5, 0.6) is 0 Å². The zero-order chi connectivity index (χ0) is 21.2. The monoisotopic (exact) mass is 436 g/mol. The summed E-state index contributed by atoms with van der Waals surface area (Å²) in [5.41, 5.74) is -0.262. The minimum Gasteiger partial charge on any atom is -0.375 e. The lowest BCUT2D eigenvalue weighted by Crippen LogP contribution is -2.52. The van der Waals surface area contributed by atoms with Gasteiger partial charge in [0.25, 0.3) is 0 Å². The first-order valence-corrected chi connectivity index (χ1v) is 12.7. The smallest absolute Gasteiger partial charge is 0.222 e. The van der Waals surface area contributed by atoms with Crippen molar-refractivity contribution >= 4 is 21.7 Å². The van der Waals surface area contributed by atoms with Gasteiger partial charge in [0.15, 0.2) is 0 Å². The average Bonchev–Trinajstić information content (AvgIpc) is 2.74. The van der Waals surface area contributed by atoms with Gasteiger partial charge in [0.2, 0.25) is 15.9 Å². The van der Waals surface area contributed by atoms with Crippen molar-refractivity contribution in [2.75, 3.05) is 57.0 Å². The fraction of sp³-hybridized carbons (Fsp3) is 0.714. The number of carbonyl (C=O) groups is 1. The number of piperazine rings is 1. The van der Waals surface area contributed by atoms with Crippen LogP contribution in [0.15, 0.2) is 24.4 Å². The molecule has 0 radical (unpaired) electrons. The lowest BCUT2D eigenvalue weighted by Gasteiger charge is -2.46. The zero-order valence-corrected chi connectivity index (χ0v) is 18.5. The van der Waals surface area contributed by atoms with Crippen LogP contribution in [-0.2, 0) is 19.6 Å². The molecule has 3 saturated heterocycles. The Morgan fingerprint density at radius 2 is 1.90 bits per heavy atom. The van der Waals surface area contributed by atoms with Crippen LogP contribution in [0, 0.1) is 5.92 Å². The minimum atomic E-state index is -3.14. The van der Waals surface area contributed by atoms with E-state index >= 15 is 0 Å². The van der Waals surface area contributed by atoms with Gasteiger partial charge in [-0.05, 0) is 43.7 Å². The highest BCUT2D eigenvalue weighted by Crippen LogP contribution is 2.39.